The highest BCUT2D eigenvalue weighted by Gasteiger charge is 2.20. The molecule has 1 amide bonds. The Labute approximate surface area is 176 Å². The standard InChI is InChI=1S/C23H27N3O4/c1-26-15-14-24-23(26)22(17-6-8-18(28-2)9-7-17)25-21(27)5-4-16-30-20-12-10-19(29-3)11-13-20/h6-15,22H,4-5,16H2,1-3H3,(H,25,27). The van der Waals surface area contributed by atoms with Crippen molar-refractivity contribution < 1.29 is 19.0 Å². The minimum Gasteiger partial charge on any atom is -0.497 e. The largest absolute Gasteiger partial charge is 0.497 e. The van der Waals surface area contributed by atoms with Crippen molar-refractivity contribution in [1.29, 1.82) is 0 Å². The van der Waals surface area contributed by atoms with E-state index in [2.05, 4.69) is 10.3 Å². The predicted octanol–water partition coefficient (Wildman–Crippen LogP) is 3.50. The van der Waals surface area contributed by atoms with Crippen molar-refractivity contribution in [2.24, 2.45) is 7.05 Å². The van der Waals surface area contributed by atoms with E-state index in [1.807, 2.05) is 66.3 Å². The second-order valence-corrected chi connectivity index (χ2v) is 6.80. The van der Waals surface area contributed by atoms with Crippen LogP contribution in [0.2, 0.25) is 0 Å². The number of ether oxygens (including phenoxy) is 3. The Morgan fingerprint density at radius 3 is 2.17 bits per heavy atom. The topological polar surface area (TPSA) is 74.6 Å². The fourth-order valence-corrected chi connectivity index (χ4v) is 3.08. The first-order chi connectivity index (χ1) is 14.6. The SMILES string of the molecule is COc1ccc(OCCCC(=O)NC(c2ccc(OC)cc2)c2nccn2C)cc1. The Kier molecular flexibility index (Phi) is 7.32. The van der Waals surface area contributed by atoms with Crippen LogP contribution >= 0.6 is 0 Å². The molecule has 0 aliphatic rings. The number of carbonyl (C=O) groups excluding carboxylic acids is 1. The smallest absolute Gasteiger partial charge is 0.220 e. The van der Waals surface area contributed by atoms with Gasteiger partial charge in [-0.3, -0.25) is 4.79 Å². The maximum absolute atomic E-state index is 12.6. The van der Waals surface area contributed by atoms with Crippen LogP contribution in [0.25, 0.3) is 0 Å². The molecule has 1 atom stereocenters. The third kappa shape index (κ3) is 5.53. The molecule has 2 aromatic carbocycles. The Balaban J connectivity index is 1.57. The van der Waals surface area contributed by atoms with Gasteiger partial charge in [0.05, 0.1) is 20.8 Å². The van der Waals surface area contributed by atoms with Gasteiger partial charge in [0.1, 0.15) is 29.1 Å². The molecule has 0 saturated carbocycles. The van der Waals surface area contributed by atoms with Gasteiger partial charge in [0, 0.05) is 25.9 Å². The first-order valence-electron chi connectivity index (χ1n) is 9.78. The summed E-state index contributed by atoms with van der Waals surface area (Å²) in [7, 11) is 5.16. The Morgan fingerprint density at radius 1 is 1.00 bits per heavy atom. The highest BCUT2D eigenvalue weighted by atomic mass is 16.5. The molecule has 1 N–H and O–H groups in total. The number of aromatic nitrogens is 2. The van der Waals surface area contributed by atoms with Crippen LogP contribution in [0.15, 0.2) is 60.9 Å². The number of nitrogens with one attached hydrogen (secondary N) is 1. The Hall–Kier alpha value is -3.48. The van der Waals surface area contributed by atoms with E-state index in [-0.39, 0.29) is 11.9 Å². The highest BCUT2D eigenvalue weighted by molar-refractivity contribution is 5.76. The lowest BCUT2D eigenvalue weighted by Crippen LogP contribution is -2.31. The maximum Gasteiger partial charge on any atom is 0.220 e. The molecule has 3 rings (SSSR count). The van der Waals surface area contributed by atoms with Gasteiger partial charge >= 0.3 is 0 Å². The Morgan fingerprint density at radius 2 is 1.60 bits per heavy atom. The Bertz CT molecular complexity index is 936. The van der Waals surface area contributed by atoms with E-state index in [1.54, 1.807) is 20.4 Å². The summed E-state index contributed by atoms with van der Waals surface area (Å²) in [5, 5.41) is 3.09. The molecule has 0 aliphatic heterocycles. The van der Waals surface area contributed by atoms with Crippen molar-refractivity contribution in [3.63, 3.8) is 0 Å². The van der Waals surface area contributed by atoms with E-state index in [1.165, 1.54) is 0 Å². The number of aryl methyl sites for hydroxylation is 1. The quantitative estimate of drug-likeness (QED) is 0.519. The fourth-order valence-electron chi connectivity index (χ4n) is 3.08. The van der Waals surface area contributed by atoms with Gasteiger partial charge in [0.2, 0.25) is 5.91 Å². The molecule has 1 aromatic heterocycles. The minimum atomic E-state index is -0.342. The zero-order valence-corrected chi connectivity index (χ0v) is 17.5. The van der Waals surface area contributed by atoms with Gasteiger partial charge in [-0.05, 0) is 48.4 Å². The molecule has 0 saturated heterocycles. The van der Waals surface area contributed by atoms with Gasteiger partial charge in [0.25, 0.3) is 0 Å². The first kappa shape index (κ1) is 21.2. The lowest BCUT2D eigenvalue weighted by Gasteiger charge is -2.19. The molecule has 0 spiro atoms. The lowest BCUT2D eigenvalue weighted by molar-refractivity contribution is -0.121. The minimum absolute atomic E-state index is 0.0582. The molecule has 0 radical (unpaired) electrons. The summed E-state index contributed by atoms with van der Waals surface area (Å²) in [6, 6.07) is 14.7. The fraction of sp³-hybridized carbons (Fsp3) is 0.304. The van der Waals surface area contributed by atoms with Gasteiger partial charge in [-0.25, -0.2) is 4.98 Å². The number of rotatable bonds is 10. The third-order valence-corrected chi connectivity index (χ3v) is 4.75. The average Bonchev–Trinajstić information content (AvgIpc) is 3.21. The van der Waals surface area contributed by atoms with Crippen molar-refractivity contribution in [3.8, 4) is 17.2 Å². The number of carbonyl (C=O) groups is 1. The highest BCUT2D eigenvalue weighted by Crippen LogP contribution is 2.23. The van der Waals surface area contributed by atoms with Crippen molar-refractivity contribution in [2.75, 3.05) is 20.8 Å². The van der Waals surface area contributed by atoms with Crippen LogP contribution in [0.4, 0.5) is 0 Å². The summed E-state index contributed by atoms with van der Waals surface area (Å²) in [4.78, 5) is 17.0. The molecule has 158 valence electrons. The summed E-state index contributed by atoms with van der Waals surface area (Å²) in [5.41, 5.74) is 0.938. The number of methoxy groups -OCH3 is 2. The normalized spacial score (nSPS) is 11.6. The van der Waals surface area contributed by atoms with Crippen LogP contribution in [0.1, 0.15) is 30.3 Å². The summed E-state index contributed by atoms with van der Waals surface area (Å²) in [6.07, 6.45) is 4.54. The predicted molar refractivity (Wildman–Crippen MR) is 114 cm³/mol. The molecule has 0 bridgehead atoms. The lowest BCUT2D eigenvalue weighted by atomic mass is 10.1. The number of amides is 1. The third-order valence-electron chi connectivity index (χ3n) is 4.75. The zero-order chi connectivity index (χ0) is 21.3. The average molecular weight is 409 g/mol. The van der Waals surface area contributed by atoms with Crippen molar-refractivity contribution in [1.82, 2.24) is 14.9 Å². The number of imidazole rings is 1. The molecular weight excluding hydrogens is 382 g/mol. The van der Waals surface area contributed by atoms with Crippen molar-refractivity contribution in [3.05, 3.63) is 72.3 Å². The number of hydrogen-bond acceptors (Lipinski definition) is 5. The summed E-state index contributed by atoms with van der Waals surface area (Å²) < 4.78 is 18.0. The summed E-state index contributed by atoms with van der Waals surface area (Å²) >= 11 is 0. The second-order valence-electron chi connectivity index (χ2n) is 6.80. The van der Waals surface area contributed by atoms with Crippen LogP contribution in [-0.4, -0.2) is 36.3 Å². The van der Waals surface area contributed by atoms with Crippen molar-refractivity contribution >= 4 is 5.91 Å². The van der Waals surface area contributed by atoms with Crippen LogP contribution in [0.5, 0.6) is 17.2 Å². The molecule has 7 heteroatoms. The van der Waals surface area contributed by atoms with E-state index in [0.29, 0.717) is 19.4 Å². The summed E-state index contributed by atoms with van der Waals surface area (Å²) in [5.74, 6) is 3.00. The molecule has 3 aromatic rings. The number of hydrogen-bond donors (Lipinski definition) is 1. The number of benzene rings is 2. The van der Waals surface area contributed by atoms with E-state index in [9.17, 15) is 4.79 Å². The van der Waals surface area contributed by atoms with Gasteiger partial charge in [-0.2, -0.15) is 0 Å². The van der Waals surface area contributed by atoms with Gasteiger partial charge in [-0.1, -0.05) is 12.1 Å². The number of nitrogens with zero attached hydrogens (tertiary/aromatic N) is 2. The monoisotopic (exact) mass is 409 g/mol. The molecule has 0 aliphatic carbocycles. The summed E-state index contributed by atoms with van der Waals surface area (Å²) in [6.45, 7) is 0.454. The van der Waals surface area contributed by atoms with Gasteiger partial charge in [0.15, 0.2) is 0 Å². The molecular formula is C23H27N3O4. The van der Waals surface area contributed by atoms with Gasteiger partial charge in [-0.15, -0.1) is 0 Å². The van der Waals surface area contributed by atoms with Crippen molar-refractivity contribution in [2.45, 2.75) is 18.9 Å². The zero-order valence-electron chi connectivity index (χ0n) is 17.5. The molecule has 0 fully saturated rings. The van der Waals surface area contributed by atoms with E-state index < -0.39 is 0 Å². The molecule has 30 heavy (non-hydrogen) atoms. The van der Waals surface area contributed by atoms with Crippen LogP contribution in [0.3, 0.4) is 0 Å². The van der Waals surface area contributed by atoms with E-state index in [0.717, 1.165) is 28.6 Å². The van der Waals surface area contributed by atoms with E-state index >= 15 is 0 Å². The van der Waals surface area contributed by atoms with Gasteiger partial charge < -0.3 is 24.1 Å². The second kappa shape index (κ2) is 10.3. The first-order valence-corrected chi connectivity index (χ1v) is 9.78. The molecule has 7 nitrogen and oxygen atoms in total. The van der Waals surface area contributed by atoms with Crippen LogP contribution in [0, 0.1) is 0 Å². The molecule has 1 heterocycles. The van der Waals surface area contributed by atoms with Crippen LogP contribution in [-0.2, 0) is 11.8 Å². The maximum atomic E-state index is 12.6. The molecule has 1 unspecified atom stereocenters. The van der Waals surface area contributed by atoms with Crippen LogP contribution < -0.4 is 19.5 Å². The van der Waals surface area contributed by atoms with E-state index in [4.69, 9.17) is 14.2 Å².